The molecule has 0 radical (unpaired) electrons. The highest BCUT2D eigenvalue weighted by molar-refractivity contribution is 7.12. The molecule has 0 bridgehead atoms. The Kier molecular flexibility index (Phi) is 4.76. The highest BCUT2D eigenvalue weighted by Crippen LogP contribution is 2.30. The number of hydrogen-bond donors (Lipinski definition) is 1. The van der Waals surface area contributed by atoms with Crippen molar-refractivity contribution in [2.45, 2.75) is 26.2 Å². The van der Waals surface area contributed by atoms with E-state index in [0.717, 1.165) is 30.6 Å². The number of rotatable bonds is 4. The van der Waals surface area contributed by atoms with Crippen molar-refractivity contribution in [3.63, 3.8) is 0 Å². The number of thiophene rings is 1. The molecule has 120 valence electrons. The largest absolute Gasteiger partial charge is 0.351 e. The number of aryl methyl sites for hydroxylation is 2. The van der Waals surface area contributed by atoms with Crippen LogP contribution in [-0.4, -0.2) is 24.9 Å². The summed E-state index contributed by atoms with van der Waals surface area (Å²) in [4.78, 5) is 27.0. The molecule has 1 aromatic heterocycles. The molecule has 0 spiro atoms. The van der Waals surface area contributed by atoms with Gasteiger partial charge in [-0.2, -0.15) is 0 Å². The molecule has 1 aromatic carbocycles. The number of anilines is 1. The Morgan fingerprint density at radius 2 is 2.13 bits per heavy atom. The molecule has 5 heteroatoms. The summed E-state index contributed by atoms with van der Waals surface area (Å²) in [5.74, 6) is -0.0326. The van der Waals surface area contributed by atoms with Crippen molar-refractivity contribution in [3.05, 3.63) is 51.7 Å². The predicted octanol–water partition coefficient (Wildman–Crippen LogP) is 3.16. The molecule has 1 N–H and O–H groups in total. The van der Waals surface area contributed by atoms with Crippen molar-refractivity contribution >= 4 is 28.8 Å². The molecule has 3 rings (SSSR count). The van der Waals surface area contributed by atoms with Gasteiger partial charge in [0.25, 0.3) is 5.91 Å². The summed E-state index contributed by atoms with van der Waals surface area (Å²) >= 11 is 1.40. The minimum absolute atomic E-state index is 0.0757. The van der Waals surface area contributed by atoms with Crippen molar-refractivity contribution in [2.24, 2.45) is 0 Å². The lowest BCUT2D eigenvalue weighted by Gasteiger charge is -2.31. The maximum absolute atomic E-state index is 12.6. The lowest BCUT2D eigenvalue weighted by molar-refractivity contribution is -0.118. The van der Waals surface area contributed by atoms with Gasteiger partial charge in [-0.15, -0.1) is 11.3 Å². The highest BCUT2D eigenvalue weighted by atomic mass is 32.1. The minimum atomic E-state index is -0.108. The molecule has 0 saturated carbocycles. The first-order valence-electron chi connectivity index (χ1n) is 7.87. The lowest BCUT2D eigenvalue weighted by Crippen LogP contribution is -2.38. The van der Waals surface area contributed by atoms with E-state index in [9.17, 15) is 9.59 Å². The van der Waals surface area contributed by atoms with Crippen LogP contribution < -0.4 is 10.2 Å². The molecule has 4 nitrogen and oxygen atoms in total. The van der Waals surface area contributed by atoms with Crippen molar-refractivity contribution in [3.8, 4) is 0 Å². The summed E-state index contributed by atoms with van der Waals surface area (Å²) in [7, 11) is 0. The van der Waals surface area contributed by atoms with Crippen LogP contribution in [0, 0.1) is 6.92 Å². The van der Waals surface area contributed by atoms with Gasteiger partial charge in [-0.3, -0.25) is 9.59 Å². The van der Waals surface area contributed by atoms with Gasteiger partial charge >= 0.3 is 0 Å². The predicted molar refractivity (Wildman–Crippen MR) is 93.1 cm³/mol. The van der Waals surface area contributed by atoms with Crippen molar-refractivity contribution in [1.82, 2.24) is 5.32 Å². The van der Waals surface area contributed by atoms with Crippen molar-refractivity contribution < 1.29 is 9.59 Å². The van der Waals surface area contributed by atoms with Crippen LogP contribution in [-0.2, 0) is 11.2 Å². The Bertz CT molecular complexity index is 710. The van der Waals surface area contributed by atoms with Crippen LogP contribution in [0.4, 0.5) is 5.69 Å². The maximum Gasteiger partial charge on any atom is 0.261 e. The molecule has 0 fully saturated rings. The normalized spacial score (nSPS) is 13.5. The van der Waals surface area contributed by atoms with Crippen molar-refractivity contribution in [2.75, 3.05) is 18.0 Å². The third kappa shape index (κ3) is 3.45. The van der Waals surface area contributed by atoms with E-state index in [1.165, 1.54) is 16.9 Å². The zero-order chi connectivity index (χ0) is 16.2. The summed E-state index contributed by atoms with van der Waals surface area (Å²) in [5.41, 5.74) is 3.44. The maximum atomic E-state index is 12.6. The molecular weight excluding hydrogens is 308 g/mol. The summed E-state index contributed by atoms with van der Waals surface area (Å²) in [5, 5.41) is 4.69. The monoisotopic (exact) mass is 328 g/mol. The Hall–Kier alpha value is -2.14. The van der Waals surface area contributed by atoms with Crippen LogP contribution in [0.5, 0.6) is 0 Å². The lowest BCUT2D eigenvalue weighted by atomic mass is 9.98. The first-order chi connectivity index (χ1) is 11.2. The molecule has 0 aliphatic carbocycles. The molecule has 0 saturated heterocycles. The Morgan fingerprint density at radius 1 is 1.26 bits per heavy atom. The molecule has 1 aliphatic rings. The van der Waals surface area contributed by atoms with E-state index in [1.54, 1.807) is 6.07 Å². The van der Waals surface area contributed by atoms with Gasteiger partial charge in [-0.25, -0.2) is 0 Å². The number of carbonyl (C=O) groups is 2. The molecular formula is C18H20N2O2S. The average Bonchev–Trinajstić information content (AvgIpc) is 3.09. The van der Waals surface area contributed by atoms with E-state index in [2.05, 4.69) is 11.4 Å². The minimum Gasteiger partial charge on any atom is -0.351 e. The molecule has 2 heterocycles. The van der Waals surface area contributed by atoms with Crippen molar-refractivity contribution in [1.29, 1.82) is 0 Å². The first-order valence-corrected chi connectivity index (χ1v) is 8.75. The second kappa shape index (κ2) is 6.96. The summed E-state index contributed by atoms with van der Waals surface area (Å²) in [6.45, 7) is 3.17. The number of fused-ring (bicyclic) bond motifs is 1. The number of benzene rings is 1. The fourth-order valence-electron chi connectivity index (χ4n) is 3.01. The number of nitrogens with one attached hydrogen (secondary N) is 1. The van der Waals surface area contributed by atoms with Gasteiger partial charge < -0.3 is 10.2 Å². The molecule has 1 aliphatic heterocycles. The second-order valence-corrected chi connectivity index (χ2v) is 6.66. The zero-order valence-electron chi connectivity index (χ0n) is 13.2. The third-order valence-electron chi connectivity index (χ3n) is 4.09. The average molecular weight is 328 g/mol. The first kappa shape index (κ1) is 15.7. The van der Waals surface area contributed by atoms with Crippen LogP contribution in [0.15, 0.2) is 35.7 Å². The third-order valence-corrected chi connectivity index (χ3v) is 4.96. The SMILES string of the molecule is Cc1cccc2c1N(C(=O)CCNC(=O)c1cccs1)CCC2. The van der Waals surface area contributed by atoms with Crippen LogP contribution in [0.1, 0.15) is 33.6 Å². The fourth-order valence-corrected chi connectivity index (χ4v) is 3.65. The second-order valence-electron chi connectivity index (χ2n) is 5.71. The van der Waals surface area contributed by atoms with Gasteiger partial charge in [0, 0.05) is 25.2 Å². The number of para-hydroxylation sites is 1. The van der Waals surface area contributed by atoms with Gasteiger partial charge in [-0.1, -0.05) is 24.3 Å². The van der Waals surface area contributed by atoms with E-state index in [0.29, 0.717) is 17.8 Å². The van der Waals surface area contributed by atoms with Crippen LogP contribution in [0.2, 0.25) is 0 Å². The Labute approximate surface area is 140 Å². The van der Waals surface area contributed by atoms with E-state index in [4.69, 9.17) is 0 Å². The molecule has 0 unspecified atom stereocenters. The van der Waals surface area contributed by atoms with Crippen LogP contribution >= 0.6 is 11.3 Å². The highest BCUT2D eigenvalue weighted by Gasteiger charge is 2.23. The molecule has 2 amide bonds. The topological polar surface area (TPSA) is 49.4 Å². The molecule has 0 atom stereocenters. The molecule has 23 heavy (non-hydrogen) atoms. The van der Waals surface area contributed by atoms with E-state index in [-0.39, 0.29) is 11.8 Å². The van der Waals surface area contributed by atoms with Gasteiger partial charge in [0.1, 0.15) is 0 Å². The van der Waals surface area contributed by atoms with E-state index >= 15 is 0 Å². The fraction of sp³-hybridized carbons (Fsp3) is 0.333. The molecule has 2 aromatic rings. The van der Waals surface area contributed by atoms with Gasteiger partial charge in [0.05, 0.1) is 4.88 Å². The summed E-state index contributed by atoms with van der Waals surface area (Å²) in [6.07, 6.45) is 2.34. The zero-order valence-corrected chi connectivity index (χ0v) is 14.0. The summed E-state index contributed by atoms with van der Waals surface area (Å²) < 4.78 is 0. The quantitative estimate of drug-likeness (QED) is 0.937. The summed E-state index contributed by atoms with van der Waals surface area (Å²) in [6, 6.07) is 9.82. The van der Waals surface area contributed by atoms with E-state index in [1.807, 2.05) is 35.4 Å². The van der Waals surface area contributed by atoms with E-state index < -0.39 is 0 Å². The van der Waals surface area contributed by atoms with Crippen LogP contribution in [0.3, 0.4) is 0 Å². The number of hydrogen-bond acceptors (Lipinski definition) is 3. The number of amides is 2. The number of nitrogens with zero attached hydrogens (tertiary/aromatic N) is 1. The standard InChI is InChI=1S/C18H20N2O2S/c1-13-5-2-6-14-7-3-11-20(17(13)14)16(21)9-10-19-18(22)15-8-4-12-23-15/h2,4-6,8,12H,3,7,9-11H2,1H3,(H,19,22). The van der Waals surface area contributed by atoms with Crippen LogP contribution in [0.25, 0.3) is 0 Å². The van der Waals surface area contributed by atoms with Gasteiger partial charge in [0.2, 0.25) is 5.91 Å². The number of carbonyl (C=O) groups excluding carboxylic acids is 2. The van der Waals surface area contributed by atoms with Gasteiger partial charge in [0.15, 0.2) is 0 Å². The van der Waals surface area contributed by atoms with Gasteiger partial charge in [-0.05, 0) is 42.3 Å². The Morgan fingerprint density at radius 3 is 2.91 bits per heavy atom. The smallest absolute Gasteiger partial charge is 0.261 e. The Balaban J connectivity index is 1.61.